The average Bonchev–Trinajstić information content (AvgIpc) is 3.38. The van der Waals surface area contributed by atoms with Crippen LogP contribution in [-0.2, 0) is 6.54 Å². The van der Waals surface area contributed by atoms with E-state index < -0.39 is 0 Å². The van der Waals surface area contributed by atoms with Gasteiger partial charge in [0.05, 0.1) is 5.56 Å². The fourth-order valence-electron chi connectivity index (χ4n) is 4.54. The summed E-state index contributed by atoms with van der Waals surface area (Å²) in [6.07, 6.45) is 0. The molecule has 6 nitrogen and oxygen atoms in total. The molecule has 32 heavy (non-hydrogen) atoms. The van der Waals surface area contributed by atoms with E-state index in [0.29, 0.717) is 18.7 Å². The lowest BCUT2D eigenvalue weighted by molar-refractivity contribution is 0.0627. The number of fused-ring (bicyclic) bond motifs is 1. The molecule has 166 valence electrons. The van der Waals surface area contributed by atoms with Crippen LogP contribution in [0.3, 0.4) is 0 Å². The topological polar surface area (TPSA) is 46.9 Å². The van der Waals surface area contributed by atoms with Gasteiger partial charge in [-0.05, 0) is 61.9 Å². The molecule has 2 aliphatic heterocycles. The first kappa shape index (κ1) is 20.6. The van der Waals surface area contributed by atoms with Crippen LogP contribution in [0.15, 0.2) is 48.5 Å². The normalized spacial score (nSPS) is 15.9. The van der Waals surface area contributed by atoms with Gasteiger partial charge in [0.2, 0.25) is 6.79 Å². The molecule has 3 aromatic rings. The Balaban J connectivity index is 1.25. The SMILES string of the molecule is Cc1cc(C(=O)N2CCN(Cc3ccc4c(c3)OCO4)CC2)c(C)n1-c1ccc(F)cc1. The summed E-state index contributed by atoms with van der Waals surface area (Å²) in [4.78, 5) is 17.5. The Hall–Kier alpha value is -3.32. The Morgan fingerprint density at radius 2 is 1.66 bits per heavy atom. The Morgan fingerprint density at radius 3 is 2.41 bits per heavy atom. The number of carbonyl (C=O) groups is 1. The quantitative estimate of drug-likeness (QED) is 0.623. The summed E-state index contributed by atoms with van der Waals surface area (Å²) in [6.45, 7) is 8.01. The van der Waals surface area contributed by atoms with Crippen molar-refractivity contribution in [1.82, 2.24) is 14.4 Å². The summed E-state index contributed by atoms with van der Waals surface area (Å²) in [7, 11) is 0. The largest absolute Gasteiger partial charge is 0.454 e. The van der Waals surface area contributed by atoms with Crippen LogP contribution in [0.2, 0.25) is 0 Å². The smallest absolute Gasteiger partial charge is 0.255 e. The molecule has 2 aliphatic rings. The number of aryl methyl sites for hydroxylation is 1. The second-order valence-corrected chi connectivity index (χ2v) is 8.35. The molecule has 1 amide bonds. The number of aromatic nitrogens is 1. The number of ether oxygens (including phenoxy) is 2. The minimum atomic E-state index is -0.272. The van der Waals surface area contributed by atoms with E-state index in [4.69, 9.17) is 9.47 Å². The summed E-state index contributed by atoms with van der Waals surface area (Å²) in [5.74, 6) is 1.37. The zero-order valence-corrected chi connectivity index (χ0v) is 18.3. The molecular formula is C25H26FN3O3. The van der Waals surface area contributed by atoms with Crippen LogP contribution in [-0.4, -0.2) is 53.2 Å². The minimum Gasteiger partial charge on any atom is -0.454 e. The van der Waals surface area contributed by atoms with Gasteiger partial charge >= 0.3 is 0 Å². The molecule has 1 aromatic heterocycles. The zero-order valence-electron chi connectivity index (χ0n) is 18.3. The first-order valence-corrected chi connectivity index (χ1v) is 10.8. The van der Waals surface area contributed by atoms with Gasteiger partial charge in [0.1, 0.15) is 5.82 Å². The van der Waals surface area contributed by atoms with Crippen LogP contribution in [0.4, 0.5) is 4.39 Å². The third-order valence-electron chi connectivity index (χ3n) is 6.25. The number of hydrogen-bond donors (Lipinski definition) is 0. The van der Waals surface area contributed by atoms with Crippen molar-refractivity contribution in [2.75, 3.05) is 33.0 Å². The van der Waals surface area contributed by atoms with E-state index in [-0.39, 0.29) is 18.5 Å². The summed E-state index contributed by atoms with van der Waals surface area (Å²) in [5, 5.41) is 0. The number of rotatable bonds is 4. The van der Waals surface area contributed by atoms with Crippen LogP contribution >= 0.6 is 0 Å². The van der Waals surface area contributed by atoms with Crippen LogP contribution < -0.4 is 9.47 Å². The number of hydrogen-bond acceptors (Lipinski definition) is 4. The highest BCUT2D eigenvalue weighted by atomic mass is 19.1. The number of halogens is 1. The molecule has 0 saturated carbocycles. The van der Waals surface area contributed by atoms with E-state index in [1.807, 2.05) is 41.5 Å². The maximum Gasteiger partial charge on any atom is 0.255 e. The Morgan fingerprint density at radius 1 is 0.938 bits per heavy atom. The third-order valence-corrected chi connectivity index (χ3v) is 6.25. The van der Waals surface area contributed by atoms with Gasteiger partial charge in [-0.2, -0.15) is 0 Å². The molecule has 0 radical (unpaired) electrons. The van der Waals surface area contributed by atoms with Crippen molar-refractivity contribution in [3.8, 4) is 17.2 Å². The van der Waals surface area contributed by atoms with E-state index in [9.17, 15) is 9.18 Å². The van der Waals surface area contributed by atoms with E-state index in [1.54, 1.807) is 12.1 Å². The fraction of sp³-hybridized carbons (Fsp3) is 0.320. The minimum absolute atomic E-state index is 0.0502. The van der Waals surface area contributed by atoms with Gasteiger partial charge in [0.15, 0.2) is 11.5 Å². The Kier molecular flexibility index (Phi) is 5.35. The van der Waals surface area contributed by atoms with Crippen LogP contribution in [0.25, 0.3) is 5.69 Å². The average molecular weight is 435 g/mol. The number of piperazine rings is 1. The van der Waals surface area contributed by atoms with Crippen molar-refractivity contribution in [2.24, 2.45) is 0 Å². The van der Waals surface area contributed by atoms with Crippen molar-refractivity contribution in [3.05, 3.63) is 76.9 Å². The molecule has 0 unspecified atom stereocenters. The van der Waals surface area contributed by atoms with Crippen LogP contribution in [0, 0.1) is 19.7 Å². The van der Waals surface area contributed by atoms with Crippen molar-refractivity contribution < 1.29 is 18.7 Å². The Bertz CT molecular complexity index is 1150. The molecule has 7 heteroatoms. The lowest BCUT2D eigenvalue weighted by atomic mass is 10.1. The van der Waals surface area contributed by atoms with E-state index in [2.05, 4.69) is 11.0 Å². The van der Waals surface area contributed by atoms with Gasteiger partial charge < -0.3 is 18.9 Å². The summed E-state index contributed by atoms with van der Waals surface area (Å²) in [5.41, 5.74) is 4.57. The monoisotopic (exact) mass is 435 g/mol. The number of amides is 1. The van der Waals surface area contributed by atoms with Gasteiger partial charge in [-0.1, -0.05) is 6.07 Å². The van der Waals surface area contributed by atoms with Gasteiger partial charge in [0.25, 0.3) is 5.91 Å². The molecule has 1 saturated heterocycles. The molecule has 0 atom stereocenters. The lowest BCUT2D eigenvalue weighted by Crippen LogP contribution is -2.48. The second-order valence-electron chi connectivity index (χ2n) is 8.35. The van der Waals surface area contributed by atoms with Crippen molar-refractivity contribution in [2.45, 2.75) is 20.4 Å². The van der Waals surface area contributed by atoms with Crippen molar-refractivity contribution in [1.29, 1.82) is 0 Å². The molecule has 3 heterocycles. The number of benzene rings is 2. The third kappa shape index (κ3) is 3.84. The molecular weight excluding hydrogens is 409 g/mol. The maximum absolute atomic E-state index is 13.3. The number of carbonyl (C=O) groups excluding carboxylic acids is 1. The number of nitrogens with zero attached hydrogens (tertiary/aromatic N) is 3. The molecule has 0 bridgehead atoms. The first-order valence-electron chi connectivity index (χ1n) is 10.8. The summed E-state index contributed by atoms with van der Waals surface area (Å²) in [6, 6.07) is 14.3. The molecule has 1 fully saturated rings. The highest BCUT2D eigenvalue weighted by molar-refractivity contribution is 5.96. The molecule has 0 spiro atoms. The van der Waals surface area contributed by atoms with Crippen molar-refractivity contribution in [3.63, 3.8) is 0 Å². The maximum atomic E-state index is 13.3. The summed E-state index contributed by atoms with van der Waals surface area (Å²) >= 11 is 0. The van der Waals surface area contributed by atoms with E-state index in [0.717, 1.165) is 48.2 Å². The van der Waals surface area contributed by atoms with E-state index in [1.165, 1.54) is 17.7 Å². The summed E-state index contributed by atoms with van der Waals surface area (Å²) < 4.78 is 26.2. The second kappa shape index (κ2) is 8.31. The van der Waals surface area contributed by atoms with Crippen LogP contribution in [0.1, 0.15) is 27.3 Å². The zero-order chi connectivity index (χ0) is 22.2. The molecule has 2 aromatic carbocycles. The molecule has 0 aliphatic carbocycles. The highest BCUT2D eigenvalue weighted by Crippen LogP contribution is 2.33. The first-order chi connectivity index (χ1) is 15.5. The van der Waals surface area contributed by atoms with Crippen LogP contribution in [0.5, 0.6) is 11.5 Å². The van der Waals surface area contributed by atoms with Gasteiger partial charge in [0, 0.05) is 49.8 Å². The fourth-order valence-corrected chi connectivity index (χ4v) is 4.54. The van der Waals surface area contributed by atoms with Gasteiger partial charge in [-0.25, -0.2) is 4.39 Å². The highest BCUT2D eigenvalue weighted by Gasteiger charge is 2.26. The van der Waals surface area contributed by atoms with Gasteiger partial charge in [-0.3, -0.25) is 9.69 Å². The van der Waals surface area contributed by atoms with E-state index >= 15 is 0 Å². The van der Waals surface area contributed by atoms with Crippen molar-refractivity contribution >= 4 is 5.91 Å². The predicted molar refractivity (Wildman–Crippen MR) is 119 cm³/mol. The Labute approximate surface area is 186 Å². The predicted octanol–water partition coefficient (Wildman–Crippen LogP) is 3.92. The lowest BCUT2D eigenvalue weighted by Gasteiger charge is -2.34. The standard InChI is InChI=1S/C25H26FN3O3/c1-17-13-22(18(2)29(17)21-6-4-20(26)5-7-21)25(30)28-11-9-27(10-12-28)15-19-3-8-23-24(14-19)32-16-31-23/h3-8,13-14H,9-12,15-16H2,1-2H3. The molecule has 5 rings (SSSR count). The van der Waals surface area contributed by atoms with Gasteiger partial charge in [-0.15, -0.1) is 0 Å². The molecule has 0 N–H and O–H groups in total.